The standard InChI is InChI=1S/C24H23N3O2/c1-15(28)27-20-9-17(11-25-13-20)22-10-18-12-26-14-21(23(18)29-22)16-5-7-19(8-6-16)24(2,3)4/h5-14H,1-4H3,(H,27,28). The Kier molecular flexibility index (Phi) is 4.66. The average Bonchev–Trinajstić information content (AvgIpc) is 3.11. The number of nitrogens with zero attached hydrogens (tertiary/aromatic N) is 2. The average molecular weight is 385 g/mol. The molecule has 0 saturated heterocycles. The molecule has 0 unspecified atom stereocenters. The number of carbonyl (C=O) groups is 1. The molecular formula is C24H23N3O2. The third-order valence-electron chi connectivity index (χ3n) is 4.83. The molecule has 146 valence electrons. The van der Waals surface area contributed by atoms with Crippen LogP contribution in [0.5, 0.6) is 0 Å². The maximum atomic E-state index is 11.3. The van der Waals surface area contributed by atoms with Gasteiger partial charge in [-0.15, -0.1) is 0 Å². The lowest BCUT2D eigenvalue weighted by molar-refractivity contribution is -0.114. The Labute approximate surface area is 169 Å². The van der Waals surface area contributed by atoms with Crippen LogP contribution < -0.4 is 5.32 Å². The Morgan fingerprint density at radius 3 is 2.34 bits per heavy atom. The van der Waals surface area contributed by atoms with Crippen molar-refractivity contribution < 1.29 is 9.21 Å². The van der Waals surface area contributed by atoms with Crippen LogP contribution in [0.15, 0.2) is 65.6 Å². The van der Waals surface area contributed by atoms with Crippen molar-refractivity contribution in [2.45, 2.75) is 33.1 Å². The molecule has 1 amide bonds. The minimum Gasteiger partial charge on any atom is -0.455 e. The van der Waals surface area contributed by atoms with E-state index in [1.54, 1.807) is 18.6 Å². The Bertz CT molecular complexity index is 1180. The molecule has 0 fully saturated rings. The maximum absolute atomic E-state index is 11.3. The fourth-order valence-electron chi connectivity index (χ4n) is 3.31. The molecule has 0 atom stereocenters. The first kappa shape index (κ1) is 18.9. The maximum Gasteiger partial charge on any atom is 0.221 e. The van der Waals surface area contributed by atoms with E-state index in [2.05, 4.69) is 60.3 Å². The number of rotatable bonds is 3. The summed E-state index contributed by atoms with van der Waals surface area (Å²) in [6.45, 7) is 8.07. The van der Waals surface area contributed by atoms with Crippen molar-refractivity contribution >= 4 is 22.6 Å². The second-order valence-electron chi connectivity index (χ2n) is 8.19. The molecule has 0 spiro atoms. The minimum absolute atomic E-state index is 0.104. The van der Waals surface area contributed by atoms with Gasteiger partial charge in [-0.3, -0.25) is 14.8 Å². The summed E-state index contributed by atoms with van der Waals surface area (Å²) in [5.74, 6) is 0.541. The van der Waals surface area contributed by atoms with Crippen LogP contribution in [0.1, 0.15) is 33.3 Å². The highest BCUT2D eigenvalue weighted by Crippen LogP contribution is 2.35. The van der Waals surface area contributed by atoms with Gasteiger partial charge in [0.1, 0.15) is 11.3 Å². The van der Waals surface area contributed by atoms with E-state index >= 15 is 0 Å². The predicted octanol–water partition coefficient (Wildman–Crippen LogP) is 5.81. The van der Waals surface area contributed by atoms with Gasteiger partial charge in [-0.1, -0.05) is 45.0 Å². The van der Waals surface area contributed by atoms with Crippen molar-refractivity contribution in [3.05, 3.63) is 66.7 Å². The molecule has 4 aromatic rings. The van der Waals surface area contributed by atoms with Gasteiger partial charge in [-0.2, -0.15) is 0 Å². The van der Waals surface area contributed by atoms with Gasteiger partial charge in [0.25, 0.3) is 0 Å². The smallest absolute Gasteiger partial charge is 0.221 e. The Balaban J connectivity index is 1.76. The van der Waals surface area contributed by atoms with Crippen LogP contribution in [0.3, 0.4) is 0 Å². The highest BCUT2D eigenvalue weighted by molar-refractivity contribution is 5.94. The SMILES string of the molecule is CC(=O)Nc1cncc(-c2cc3cncc(-c4ccc(C(C)(C)C)cc4)c3o2)c1. The molecule has 0 bridgehead atoms. The van der Waals surface area contributed by atoms with Crippen LogP contribution >= 0.6 is 0 Å². The van der Waals surface area contributed by atoms with Gasteiger partial charge in [0.05, 0.1) is 11.9 Å². The first-order chi connectivity index (χ1) is 13.8. The highest BCUT2D eigenvalue weighted by atomic mass is 16.3. The van der Waals surface area contributed by atoms with Gasteiger partial charge >= 0.3 is 0 Å². The first-order valence-electron chi connectivity index (χ1n) is 9.53. The van der Waals surface area contributed by atoms with Crippen molar-refractivity contribution in [2.24, 2.45) is 0 Å². The Morgan fingerprint density at radius 2 is 1.66 bits per heavy atom. The lowest BCUT2D eigenvalue weighted by Gasteiger charge is -2.19. The molecule has 0 aliphatic heterocycles. The summed E-state index contributed by atoms with van der Waals surface area (Å²) in [5, 5.41) is 3.67. The number of furan rings is 1. The fourth-order valence-corrected chi connectivity index (χ4v) is 3.31. The molecule has 29 heavy (non-hydrogen) atoms. The zero-order valence-electron chi connectivity index (χ0n) is 17.0. The summed E-state index contributed by atoms with van der Waals surface area (Å²) in [6, 6.07) is 12.3. The van der Waals surface area contributed by atoms with E-state index in [0.29, 0.717) is 11.4 Å². The highest BCUT2D eigenvalue weighted by Gasteiger charge is 2.16. The lowest BCUT2D eigenvalue weighted by Crippen LogP contribution is -2.10. The van der Waals surface area contributed by atoms with Crippen molar-refractivity contribution in [3.63, 3.8) is 0 Å². The second kappa shape index (κ2) is 7.17. The molecular weight excluding hydrogens is 362 g/mol. The van der Waals surface area contributed by atoms with Crippen LogP contribution in [0.4, 0.5) is 5.69 Å². The number of fused-ring (bicyclic) bond motifs is 1. The summed E-state index contributed by atoms with van der Waals surface area (Å²) in [5.41, 5.74) is 5.59. The topological polar surface area (TPSA) is 68.0 Å². The van der Waals surface area contributed by atoms with E-state index in [0.717, 1.165) is 27.7 Å². The number of hydrogen-bond donors (Lipinski definition) is 1. The van der Waals surface area contributed by atoms with Crippen molar-refractivity contribution in [1.29, 1.82) is 0 Å². The molecule has 0 radical (unpaired) electrons. The number of anilines is 1. The molecule has 0 aliphatic rings. The second-order valence-corrected chi connectivity index (χ2v) is 8.19. The fraction of sp³-hybridized carbons (Fsp3) is 0.208. The minimum atomic E-state index is -0.140. The van der Waals surface area contributed by atoms with E-state index < -0.39 is 0 Å². The normalized spacial score (nSPS) is 11.6. The summed E-state index contributed by atoms with van der Waals surface area (Å²) >= 11 is 0. The molecule has 4 rings (SSSR count). The monoisotopic (exact) mass is 385 g/mol. The van der Waals surface area contributed by atoms with E-state index in [-0.39, 0.29) is 11.3 Å². The zero-order chi connectivity index (χ0) is 20.6. The van der Waals surface area contributed by atoms with E-state index in [9.17, 15) is 4.79 Å². The molecule has 1 aromatic carbocycles. The summed E-state index contributed by atoms with van der Waals surface area (Å²) < 4.78 is 6.20. The molecule has 0 aliphatic carbocycles. The summed E-state index contributed by atoms with van der Waals surface area (Å²) in [4.78, 5) is 19.9. The Hall–Kier alpha value is -3.47. The van der Waals surface area contributed by atoms with Crippen molar-refractivity contribution in [2.75, 3.05) is 5.32 Å². The van der Waals surface area contributed by atoms with Crippen LogP contribution in [0, 0.1) is 0 Å². The third kappa shape index (κ3) is 3.90. The molecule has 3 heterocycles. The van der Waals surface area contributed by atoms with Crippen molar-refractivity contribution in [3.8, 4) is 22.5 Å². The Morgan fingerprint density at radius 1 is 0.931 bits per heavy atom. The summed E-state index contributed by atoms with van der Waals surface area (Å²) in [7, 11) is 0. The van der Waals surface area contributed by atoms with E-state index in [1.807, 2.05) is 18.3 Å². The van der Waals surface area contributed by atoms with E-state index in [4.69, 9.17) is 4.42 Å². The number of benzene rings is 1. The van der Waals surface area contributed by atoms with Gasteiger partial charge in [0.15, 0.2) is 0 Å². The van der Waals surface area contributed by atoms with Gasteiger partial charge in [-0.25, -0.2) is 0 Å². The number of carbonyl (C=O) groups excluding carboxylic acids is 1. The van der Waals surface area contributed by atoms with Gasteiger partial charge in [0, 0.05) is 42.0 Å². The number of pyridine rings is 2. The van der Waals surface area contributed by atoms with Gasteiger partial charge in [-0.05, 0) is 28.7 Å². The van der Waals surface area contributed by atoms with Crippen LogP contribution in [-0.4, -0.2) is 15.9 Å². The third-order valence-corrected chi connectivity index (χ3v) is 4.83. The lowest BCUT2D eigenvalue weighted by atomic mass is 9.86. The van der Waals surface area contributed by atoms with Crippen LogP contribution in [0.2, 0.25) is 0 Å². The predicted molar refractivity (Wildman–Crippen MR) is 116 cm³/mol. The van der Waals surface area contributed by atoms with Crippen molar-refractivity contribution in [1.82, 2.24) is 9.97 Å². The molecule has 5 heteroatoms. The number of amides is 1. The van der Waals surface area contributed by atoms with E-state index in [1.165, 1.54) is 12.5 Å². The van der Waals surface area contributed by atoms with Crippen LogP contribution in [0.25, 0.3) is 33.4 Å². The molecule has 3 aromatic heterocycles. The van der Waals surface area contributed by atoms with Gasteiger partial charge in [0.2, 0.25) is 5.91 Å². The molecule has 1 N–H and O–H groups in total. The number of nitrogens with one attached hydrogen (secondary N) is 1. The largest absolute Gasteiger partial charge is 0.455 e. The first-order valence-corrected chi connectivity index (χ1v) is 9.53. The molecule has 5 nitrogen and oxygen atoms in total. The molecule has 0 saturated carbocycles. The zero-order valence-corrected chi connectivity index (χ0v) is 17.0. The number of aromatic nitrogens is 2. The summed E-state index contributed by atoms with van der Waals surface area (Å²) in [6.07, 6.45) is 6.94. The van der Waals surface area contributed by atoms with Crippen LogP contribution in [-0.2, 0) is 10.2 Å². The quantitative estimate of drug-likeness (QED) is 0.483. The van der Waals surface area contributed by atoms with Gasteiger partial charge < -0.3 is 9.73 Å². The number of hydrogen-bond acceptors (Lipinski definition) is 4.